The summed E-state index contributed by atoms with van der Waals surface area (Å²) in [5, 5.41) is 3.47. The SMILES string of the molecule is CCNC(C)c1ccccc1-c1cncc(OC(C)C)c1. The fourth-order valence-corrected chi connectivity index (χ4v) is 2.46. The van der Waals surface area contributed by atoms with Crippen LogP contribution in [0.2, 0.25) is 0 Å². The summed E-state index contributed by atoms with van der Waals surface area (Å²) in [5.74, 6) is 0.813. The highest BCUT2D eigenvalue weighted by Gasteiger charge is 2.11. The first kappa shape index (κ1) is 15.5. The Morgan fingerprint density at radius 3 is 2.62 bits per heavy atom. The molecular formula is C18H24N2O. The smallest absolute Gasteiger partial charge is 0.138 e. The number of pyridine rings is 1. The van der Waals surface area contributed by atoms with Gasteiger partial charge in [-0.25, -0.2) is 0 Å². The normalized spacial score (nSPS) is 12.4. The van der Waals surface area contributed by atoms with Gasteiger partial charge >= 0.3 is 0 Å². The number of nitrogens with zero attached hydrogens (tertiary/aromatic N) is 1. The van der Waals surface area contributed by atoms with Gasteiger partial charge in [-0.15, -0.1) is 0 Å². The van der Waals surface area contributed by atoms with Gasteiger partial charge in [0.1, 0.15) is 5.75 Å². The highest BCUT2D eigenvalue weighted by molar-refractivity contribution is 5.68. The van der Waals surface area contributed by atoms with Crippen LogP contribution in [0, 0.1) is 0 Å². The lowest BCUT2D eigenvalue weighted by molar-refractivity contribution is 0.241. The largest absolute Gasteiger partial charge is 0.489 e. The first-order valence-corrected chi connectivity index (χ1v) is 7.56. The Bertz CT molecular complexity index is 581. The molecule has 1 N–H and O–H groups in total. The summed E-state index contributed by atoms with van der Waals surface area (Å²) in [7, 11) is 0. The van der Waals surface area contributed by atoms with Crippen molar-refractivity contribution in [1.29, 1.82) is 0 Å². The molecule has 112 valence electrons. The lowest BCUT2D eigenvalue weighted by Crippen LogP contribution is -2.18. The van der Waals surface area contributed by atoms with Gasteiger partial charge in [-0.3, -0.25) is 4.98 Å². The van der Waals surface area contributed by atoms with Gasteiger partial charge in [0.05, 0.1) is 12.3 Å². The lowest BCUT2D eigenvalue weighted by atomic mass is 9.96. The summed E-state index contributed by atoms with van der Waals surface area (Å²) in [5.41, 5.74) is 3.57. The van der Waals surface area contributed by atoms with Crippen LogP contribution in [0.1, 0.15) is 39.3 Å². The number of benzene rings is 1. The van der Waals surface area contributed by atoms with Crippen LogP contribution in [0.4, 0.5) is 0 Å². The van der Waals surface area contributed by atoms with E-state index in [0.29, 0.717) is 6.04 Å². The monoisotopic (exact) mass is 284 g/mol. The van der Waals surface area contributed by atoms with Crippen molar-refractivity contribution >= 4 is 0 Å². The molecule has 0 aliphatic heterocycles. The molecule has 2 aromatic rings. The summed E-state index contributed by atoms with van der Waals surface area (Å²) < 4.78 is 5.75. The number of hydrogen-bond donors (Lipinski definition) is 1. The zero-order chi connectivity index (χ0) is 15.2. The van der Waals surface area contributed by atoms with Crippen LogP contribution in [-0.4, -0.2) is 17.6 Å². The molecule has 0 aliphatic carbocycles. The maximum Gasteiger partial charge on any atom is 0.138 e. The fourth-order valence-electron chi connectivity index (χ4n) is 2.46. The predicted molar refractivity (Wildman–Crippen MR) is 87.5 cm³/mol. The molecule has 0 bridgehead atoms. The second-order valence-electron chi connectivity index (χ2n) is 5.44. The zero-order valence-corrected chi connectivity index (χ0v) is 13.3. The average Bonchev–Trinajstić information content (AvgIpc) is 2.47. The number of hydrogen-bond acceptors (Lipinski definition) is 3. The Hall–Kier alpha value is -1.87. The van der Waals surface area contributed by atoms with Gasteiger partial charge in [-0.2, -0.15) is 0 Å². The molecule has 0 spiro atoms. The molecule has 1 atom stereocenters. The number of rotatable bonds is 6. The highest BCUT2D eigenvalue weighted by Crippen LogP contribution is 2.29. The Labute approximate surface area is 127 Å². The third-order valence-electron chi connectivity index (χ3n) is 3.33. The van der Waals surface area contributed by atoms with Crippen molar-refractivity contribution in [1.82, 2.24) is 10.3 Å². The van der Waals surface area contributed by atoms with E-state index in [4.69, 9.17) is 4.74 Å². The van der Waals surface area contributed by atoms with Crippen molar-refractivity contribution < 1.29 is 4.74 Å². The molecule has 0 saturated carbocycles. The molecule has 2 rings (SSSR count). The molecule has 0 saturated heterocycles. The standard InChI is InChI=1S/C18H24N2O/c1-5-20-14(4)17-8-6-7-9-18(17)15-10-16(12-19-11-15)21-13(2)3/h6-14,20H,5H2,1-4H3. The van der Waals surface area contributed by atoms with Gasteiger partial charge in [-0.05, 0) is 44.5 Å². The van der Waals surface area contributed by atoms with Gasteiger partial charge in [0, 0.05) is 17.8 Å². The van der Waals surface area contributed by atoms with Gasteiger partial charge in [0.15, 0.2) is 0 Å². The third-order valence-corrected chi connectivity index (χ3v) is 3.33. The molecule has 3 heteroatoms. The number of aromatic nitrogens is 1. The van der Waals surface area contributed by atoms with E-state index in [2.05, 4.69) is 54.5 Å². The molecule has 21 heavy (non-hydrogen) atoms. The van der Waals surface area contributed by atoms with Gasteiger partial charge < -0.3 is 10.1 Å². The quantitative estimate of drug-likeness (QED) is 0.863. The van der Waals surface area contributed by atoms with Gasteiger partial charge in [0.2, 0.25) is 0 Å². The predicted octanol–water partition coefficient (Wildman–Crippen LogP) is 4.21. The summed E-state index contributed by atoms with van der Waals surface area (Å²) in [6.45, 7) is 9.30. The van der Waals surface area contributed by atoms with Crippen LogP contribution in [0.25, 0.3) is 11.1 Å². The Kier molecular flexibility index (Phi) is 5.34. The maximum atomic E-state index is 5.75. The third kappa shape index (κ3) is 4.05. The van der Waals surface area contributed by atoms with Crippen molar-refractivity contribution in [3.63, 3.8) is 0 Å². The molecule has 3 nitrogen and oxygen atoms in total. The van der Waals surface area contributed by atoms with Crippen molar-refractivity contribution in [2.24, 2.45) is 0 Å². The van der Waals surface area contributed by atoms with Crippen LogP contribution in [-0.2, 0) is 0 Å². The highest BCUT2D eigenvalue weighted by atomic mass is 16.5. The minimum atomic E-state index is 0.151. The lowest BCUT2D eigenvalue weighted by Gasteiger charge is -2.18. The van der Waals surface area contributed by atoms with Crippen LogP contribution < -0.4 is 10.1 Å². The van der Waals surface area contributed by atoms with Gasteiger partial charge in [-0.1, -0.05) is 31.2 Å². The minimum absolute atomic E-state index is 0.151. The molecule has 1 aromatic carbocycles. The summed E-state index contributed by atoms with van der Waals surface area (Å²) in [6, 6.07) is 10.8. The second kappa shape index (κ2) is 7.23. The molecule has 0 aliphatic rings. The topological polar surface area (TPSA) is 34.2 Å². The Morgan fingerprint density at radius 1 is 1.14 bits per heavy atom. The van der Waals surface area contributed by atoms with Crippen molar-refractivity contribution in [3.8, 4) is 16.9 Å². The van der Waals surface area contributed by atoms with E-state index in [1.54, 1.807) is 6.20 Å². The van der Waals surface area contributed by atoms with Gasteiger partial charge in [0.25, 0.3) is 0 Å². The first-order chi connectivity index (χ1) is 10.1. The van der Waals surface area contributed by atoms with E-state index in [0.717, 1.165) is 17.9 Å². The van der Waals surface area contributed by atoms with E-state index in [1.807, 2.05) is 20.0 Å². The van der Waals surface area contributed by atoms with Crippen LogP contribution in [0.15, 0.2) is 42.7 Å². The molecule has 1 unspecified atom stereocenters. The first-order valence-electron chi connectivity index (χ1n) is 7.56. The van der Waals surface area contributed by atoms with Crippen LogP contribution >= 0.6 is 0 Å². The van der Waals surface area contributed by atoms with Crippen molar-refractivity contribution in [3.05, 3.63) is 48.3 Å². The zero-order valence-electron chi connectivity index (χ0n) is 13.3. The Balaban J connectivity index is 2.37. The molecular weight excluding hydrogens is 260 g/mol. The minimum Gasteiger partial charge on any atom is -0.489 e. The maximum absolute atomic E-state index is 5.75. The molecule has 0 fully saturated rings. The Morgan fingerprint density at radius 2 is 1.90 bits per heavy atom. The summed E-state index contributed by atoms with van der Waals surface area (Å²) in [6.07, 6.45) is 3.81. The van der Waals surface area contributed by atoms with Crippen LogP contribution in [0.3, 0.4) is 0 Å². The molecule has 1 aromatic heterocycles. The van der Waals surface area contributed by atoms with E-state index >= 15 is 0 Å². The van der Waals surface area contributed by atoms with Crippen LogP contribution in [0.5, 0.6) is 5.75 Å². The molecule has 0 radical (unpaired) electrons. The van der Waals surface area contributed by atoms with E-state index in [1.165, 1.54) is 11.1 Å². The summed E-state index contributed by atoms with van der Waals surface area (Å²) >= 11 is 0. The average molecular weight is 284 g/mol. The van der Waals surface area contributed by atoms with E-state index in [9.17, 15) is 0 Å². The van der Waals surface area contributed by atoms with E-state index < -0.39 is 0 Å². The van der Waals surface area contributed by atoms with Crippen molar-refractivity contribution in [2.45, 2.75) is 39.8 Å². The second-order valence-corrected chi connectivity index (χ2v) is 5.44. The number of ether oxygens (including phenoxy) is 1. The molecule has 1 heterocycles. The van der Waals surface area contributed by atoms with Crippen molar-refractivity contribution in [2.75, 3.05) is 6.54 Å². The fraction of sp³-hybridized carbons (Fsp3) is 0.389. The van der Waals surface area contributed by atoms with E-state index in [-0.39, 0.29) is 6.10 Å². The molecule has 0 amide bonds. The summed E-state index contributed by atoms with van der Waals surface area (Å²) in [4.78, 5) is 4.32. The number of nitrogens with one attached hydrogen (secondary N) is 1.